The zero-order valence-electron chi connectivity index (χ0n) is 13.7. The van der Waals surface area contributed by atoms with Crippen molar-refractivity contribution >= 4 is 18.3 Å². The average Bonchev–Trinajstić information content (AvgIpc) is 2.43. The summed E-state index contributed by atoms with van der Waals surface area (Å²) < 4.78 is 4.84. The molecule has 0 aliphatic carbocycles. The third kappa shape index (κ3) is 17.8. The maximum Gasteiger partial charge on any atom is 0.180 e. The fourth-order valence-electron chi connectivity index (χ4n) is 2.41. The van der Waals surface area contributed by atoms with Crippen LogP contribution < -0.4 is 0 Å². The van der Waals surface area contributed by atoms with Crippen molar-refractivity contribution in [1.82, 2.24) is 0 Å². The maximum atomic E-state index is 7.37. The van der Waals surface area contributed by atoms with Gasteiger partial charge in [0.1, 0.15) is 0 Å². The second-order valence-electron chi connectivity index (χ2n) is 5.62. The van der Waals surface area contributed by atoms with Crippen molar-refractivity contribution in [2.24, 2.45) is 0 Å². The zero-order chi connectivity index (χ0) is 14.2. The van der Waals surface area contributed by atoms with Crippen LogP contribution in [-0.2, 0) is 4.74 Å². The summed E-state index contributed by atoms with van der Waals surface area (Å²) >= 11 is 0. The molecule has 3 heteroatoms. The summed E-state index contributed by atoms with van der Waals surface area (Å²) in [5, 5.41) is 7.37. The van der Waals surface area contributed by atoms with Crippen LogP contribution in [0.2, 0.25) is 0 Å². The molecule has 122 valence electrons. The summed E-state index contributed by atoms with van der Waals surface area (Å²) in [7, 11) is 1.59. The molecule has 0 aromatic carbocycles. The summed E-state index contributed by atoms with van der Waals surface area (Å²) in [6.45, 7) is 2.28. The predicted molar refractivity (Wildman–Crippen MR) is 92.3 cm³/mol. The number of ether oxygens (including phenoxy) is 1. The molecule has 0 bridgehead atoms. The minimum absolute atomic E-state index is 0. The molecule has 0 aliphatic rings. The standard InChI is InChI=1S/C17H35NO.ClH/c1-3-4-5-6-7-8-9-10-11-12-13-14-15-16-17(18)19-2;/h18H,3-16H2,1-2H3;1H. The van der Waals surface area contributed by atoms with Gasteiger partial charge in [0, 0.05) is 6.42 Å². The Hall–Kier alpha value is -0.240. The highest BCUT2D eigenvalue weighted by Gasteiger charge is 1.96. The van der Waals surface area contributed by atoms with E-state index in [1.54, 1.807) is 7.11 Å². The van der Waals surface area contributed by atoms with Crippen LogP contribution in [-0.4, -0.2) is 13.0 Å². The summed E-state index contributed by atoms with van der Waals surface area (Å²) in [4.78, 5) is 0. The highest BCUT2D eigenvalue weighted by molar-refractivity contribution is 5.85. The van der Waals surface area contributed by atoms with Crippen molar-refractivity contribution in [3.63, 3.8) is 0 Å². The molecule has 0 radical (unpaired) electrons. The molecule has 0 unspecified atom stereocenters. The van der Waals surface area contributed by atoms with E-state index in [1.165, 1.54) is 77.0 Å². The van der Waals surface area contributed by atoms with Gasteiger partial charge in [-0.25, -0.2) is 0 Å². The number of hydrogen-bond acceptors (Lipinski definition) is 2. The van der Waals surface area contributed by atoms with Gasteiger partial charge >= 0.3 is 0 Å². The smallest absolute Gasteiger partial charge is 0.180 e. The second kappa shape index (κ2) is 18.8. The third-order valence-corrected chi connectivity index (χ3v) is 3.75. The van der Waals surface area contributed by atoms with Gasteiger partial charge < -0.3 is 4.74 Å². The molecule has 0 heterocycles. The van der Waals surface area contributed by atoms with E-state index in [9.17, 15) is 0 Å². The first-order valence-corrected chi connectivity index (χ1v) is 8.42. The van der Waals surface area contributed by atoms with Crippen molar-refractivity contribution < 1.29 is 4.74 Å². The lowest BCUT2D eigenvalue weighted by Gasteiger charge is -2.03. The van der Waals surface area contributed by atoms with E-state index in [0.29, 0.717) is 5.90 Å². The summed E-state index contributed by atoms with van der Waals surface area (Å²) in [6, 6.07) is 0. The van der Waals surface area contributed by atoms with Crippen LogP contribution in [0.4, 0.5) is 0 Å². The molecule has 0 aromatic heterocycles. The first-order chi connectivity index (χ1) is 9.31. The lowest BCUT2D eigenvalue weighted by Crippen LogP contribution is -1.97. The molecule has 2 nitrogen and oxygen atoms in total. The quantitative estimate of drug-likeness (QED) is 0.221. The summed E-state index contributed by atoms with van der Waals surface area (Å²) in [5.41, 5.74) is 0. The van der Waals surface area contributed by atoms with Gasteiger partial charge in [-0.15, -0.1) is 12.4 Å². The SMILES string of the molecule is CCCCCCCCCCCCCCCC(=N)OC.Cl. The Kier molecular flexibility index (Phi) is 20.7. The molecular weight excluding hydrogens is 270 g/mol. The van der Waals surface area contributed by atoms with Crippen molar-refractivity contribution in [1.29, 1.82) is 5.41 Å². The van der Waals surface area contributed by atoms with Crippen LogP contribution in [0.15, 0.2) is 0 Å². The Labute approximate surface area is 133 Å². The van der Waals surface area contributed by atoms with E-state index in [1.807, 2.05) is 0 Å². The zero-order valence-corrected chi connectivity index (χ0v) is 14.5. The number of methoxy groups -OCH3 is 1. The highest BCUT2D eigenvalue weighted by Crippen LogP contribution is 2.12. The average molecular weight is 306 g/mol. The molecule has 0 fully saturated rings. The predicted octanol–water partition coefficient (Wildman–Crippen LogP) is 6.51. The largest absolute Gasteiger partial charge is 0.484 e. The molecule has 1 N–H and O–H groups in total. The lowest BCUT2D eigenvalue weighted by molar-refractivity contribution is 0.382. The molecule has 0 aliphatic heterocycles. The van der Waals surface area contributed by atoms with Gasteiger partial charge in [0.25, 0.3) is 0 Å². The topological polar surface area (TPSA) is 33.1 Å². The Bertz CT molecular complexity index is 197. The van der Waals surface area contributed by atoms with E-state index >= 15 is 0 Å². The number of halogens is 1. The van der Waals surface area contributed by atoms with Crippen LogP contribution in [0.1, 0.15) is 96.8 Å². The second-order valence-corrected chi connectivity index (χ2v) is 5.62. The first kappa shape index (κ1) is 22.0. The Morgan fingerprint density at radius 2 is 1.05 bits per heavy atom. The molecule has 0 atom stereocenters. The molecule has 0 spiro atoms. The minimum atomic E-state index is 0. The molecular formula is C17H36ClNO. The van der Waals surface area contributed by atoms with Gasteiger partial charge in [-0.1, -0.05) is 84.0 Å². The van der Waals surface area contributed by atoms with Crippen molar-refractivity contribution in [3.8, 4) is 0 Å². The fraction of sp³-hybridized carbons (Fsp3) is 0.941. The first-order valence-electron chi connectivity index (χ1n) is 8.42. The van der Waals surface area contributed by atoms with Crippen LogP contribution >= 0.6 is 12.4 Å². The number of nitrogens with one attached hydrogen (secondary N) is 1. The summed E-state index contributed by atoms with van der Waals surface area (Å²) in [5.74, 6) is 0.433. The van der Waals surface area contributed by atoms with Gasteiger partial charge in [0.15, 0.2) is 5.90 Å². The Balaban J connectivity index is 0. The van der Waals surface area contributed by atoms with E-state index in [0.717, 1.165) is 12.8 Å². The van der Waals surface area contributed by atoms with Gasteiger partial charge in [-0.05, 0) is 6.42 Å². The number of rotatable bonds is 14. The third-order valence-electron chi connectivity index (χ3n) is 3.75. The highest BCUT2D eigenvalue weighted by atomic mass is 35.5. The molecule has 20 heavy (non-hydrogen) atoms. The molecule has 0 rings (SSSR count). The van der Waals surface area contributed by atoms with Gasteiger partial charge in [-0.2, -0.15) is 0 Å². The Morgan fingerprint density at radius 3 is 1.40 bits per heavy atom. The van der Waals surface area contributed by atoms with E-state index in [2.05, 4.69) is 6.92 Å². The van der Waals surface area contributed by atoms with Gasteiger partial charge in [0.05, 0.1) is 7.11 Å². The van der Waals surface area contributed by atoms with E-state index in [-0.39, 0.29) is 12.4 Å². The lowest BCUT2D eigenvalue weighted by atomic mass is 10.0. The molecule has 0 saturated heterocycles. The minimum Gasteiger partial charge on any atom is -0.484 e. The molecule has 0 saturated carbocycles. The van der Waals surface area contributed by atoms with Crippen LogP contribution in [0.25, 0.3) is 0 Å². The molecule has 0 aromatic rings. The van der Waals surface area contributed by atoms with Crippen molar-refractivity contribution in [2.45, 2.75) is 96.8 Å². The van der Waals surface area contributed by atoms with E-state index < -0.39 is 0 Å². The number of unbranched alkanes of at least 4 members (excludes halogenated alkanes) is 12. The van der Waals surface area contributed by atoms with Gasteiger partial charge in [-0.3, -0.25) is 5.41 Å². The van der Waals surface area contributed by atoms with Crippen molar-refractivity contribution in [2.75, 3.05) is 7.11 Å². The van der Waals surface area contributed by atoms with Gasteiger partial charge in [0.2, 0.25) is 0 Å². The van der Waals surface area contributed by atoms with Crippen LogP contribution in [0, 0.1) is 5.41 Å². The van der Waals surface area contributed by atoms with E-state index in [4.69, 9.17) is 10.1 Å². The van der Waals surface area contributed by atoms with Crippen LogP contribution in [0.3, 0.4) is 0 Å². The van der Waals surface area contributed by atoms with Crippen molar-refractivity contribution in [3.05, 3.63) is 0 Å². The monoisotopic (exact) mass is 305 g/mol. The number of hydrogen-bond donors (Lipinski definition) is 1. The molecule has 0 amide bonds. The summed E-state index contributed by atoms with van der Waals surface area (Å²) in [6.07, 6.45) is 18.7. The fourth-order valence-corrected chi connectivity index (χ4v) is 2.41. The van der Waals surface area contributed by atoms with Crippen LogP contribution in [0.5, 0.6) is 0 Å². The normalized spacial score (nSPS) is 10.1. The Morgan fingerprint density at radius 1 is 0.700 bits per heavy atom. The maximum absolute atomic E-state index is 7.37.